The predicted molar refractivity (Wildman–Crippen MR) is 148 cm³/mol. The van der Waals surface area contributed by atoms with E-state index in [1.54, 1.807) is 11.8 Å². The molecule has 2 aromatic rings. The van der Waals surface area contributed by atoms with Gasteiger partial charge in [-0.3, -0.25) is 14.9 Å². The Bertz CT molecular complexity index is 1020. The van der Waals surface area contributed by atoms with E-state index in [1.807, 2.05) is 0 Å². The Labute approximate surface area is 222 Å². The second kappa shape index (κ2) is 11.4. The zero-order chi connectivity index (χ0) is 25.8. The number of rotatable bonds is 8. The van der Waals surface area contributed by atoms with Crippen molar-refractivity contribution in [1.82, 2.24) is 0 Å². The number of thioether (sulfide) groups is 1. The summed E-state index contributed by atoms with van der Waals surface area (Å²) in [6, 6.07) is 6.93. The topological polar surface area (TPSA) is 92.5 Å². The van der Waals surface area contributed by atoms with Crippen LogP contribution in [0.3, 0.4) is 0 Å². The lowest BCUT2D eigenvalue weighted by Crippen LogP contribution is -2.18. The van der Waals surface area contributed by atoms with Gasteiger partial charge in [0, 0.05) is 21.1 Å². The lowest BCUT2D eigenvalue weighted by molar-refractivity contribution is -0.385. The minimum atomic E-state index is -0.486. The second-order valence-corrected chi connectivity index (χ2v) is 13.1. The minimum absolute atomic E-state index is 0.0652. The molecule has 0 unspecified atom stereocenters. The number of phenolic OH excluding ortho intramolecular Hbond substituents is 1. The molecule has 0 spiro atoms. The molecule has 0 aliphatic carbocycles. The van der Waals surface area contributed by atoms with Gasteiger partial charge in [0.05, 0.1) is 16.4 Å². The van der Waals surface area contributed by atoms with Gasteiger partial charge in [-0.25, -0.2) is 0 Å². The lowest BCUT2D eigenvalue weighted by Gasteiger charge is -2.28. The normalized spacial score (nSPS) is 12.0. The first kappa shape index (κ1) is 28.7. The number of aryl methyl sites for hydroxylation is 1. The van der Waals surface area contributed by atoms with Gasteiger partial charge in [-0.2, -0.15) is 11.8 Å². The van der Waals surface area contributed by atoms with E-state index in [2.05, 4.69) is 90.9 Å². The van der Waals surface area contributed by atoms with Crippen molar-refractivity contribution >= 4 is 60.9 Å². The molecular weight excluding hydrogens is 584 g/mol. The van der Waals surface area contributed by atoms with Crippen molar-refractivity contribution in [1.29, 1.82) is 0 Å². The Morgan fingerprint density at radius 3 is 1.97 bits per heavy atom. The molecule has 0 atom stereocenters. The van der Waals surface area contributed by atoms with Crippen LogP contribution in [0.1, 0.15) is 64.7 Å². The van der Waals surface area contributed by atoms with Crippen LogP contribution in [0.5, 0.6) is 5.75 Å². The van der Waals surface area contributed by atoms with Crippen LogP contribution < -0.4 is 5.32 Å². The molecule has 2 N–H and O–H groups in total. The summed E-state index contributed by atoms with van der Waals surface area (Å²) in [5.41, 5.74) is 3.20. The molecule has 0 fully saturated rings. The van der Waals surface area contributed by atoms with Gasteiger partial charge in [0.25, 0.3) is 5.69 Å². The van der Waals surface area contributed by atoms with Crippen LogP contribution in [0.4, 0.5) is 11.4 Å². The van der Waals surface area contributed by atoms with Crippen LogP contribution in [0.15, 0.2) is 33.2 Å². The number of anilines is 1. The van der Waals surface area contributed by atoms with Gasteiger partial charge in [-0.1, -0.05) is 53.7 Å². The average Bonchev–Trinajstić information content (AvgIpc) is 2.69. The number of non-ortho nitro benzene ring substituents is 1. The Hall–Kier alpha value is -1.58. The molecule has 186 valence electrons. The summed E-state index contributed by atoms with van der Waals surface area (Å²) in [6.45, 7) is 12.6. The van der Waals surface area contributed by atoms with Crippen LogP contribution in [0.25, 0.3) is 0 Å². The number of hydrogen-bond donors (Lipinski definition) is 2. The van der Waals surface area contributed by atoms with E-state index in [-0.39, 0.29) is 28.2 Å². The number of carbonyl (C=O) groups is 1. The number of nitro groups is 1. The summed E-state index contributed by atoms with van der Waals surface area (Å²) in [6.07, 6.45) is 1.77. The third-order valence-corrected chi connectivity index (χ3v) is 7.57. The Morgan fingerprint density at radius 1 is 1.03 bits per heavy atom. The number of phenols is 1. The summed E-state index contributed by atoms with van der Waals surface area (Å²) in [7, 11) is 0. The molecular formula is C25H32Br2N2O4S. The van der Waals surface area contributed by atoms with Crippen molar-refractivity contribution in [3.63, 3.8) is 0 Å². The maximum Gasteiger partial charge on any atom is 0.271 e. The van der Waals surface area contributed by atoms with Crippen molar-refractivity contribution in [3.05, 3.63) is 60.0 Å². The standard InChI is InChI=1S/C25H32Br2N2O4S/c1-24(2,3)17-10-15(11-18(23(17)31)25(4,5)6)8-7-9-34-14-21(30)28-22-19(26)12-16(29(32)33)13-20(22)27/h10-13,31H,7-9,14H2,1-6H3,(H,28,30). The highest BCUT2D eigenvalue weighted by Gasteiger charge is 2.26. The molecule has 0 saturated heterocycles. The number of benzene rings is 2. The highest BCUT2D eigenvalue weighted by molar-refractivity contribution is 9.11. The fourth-order valence-electron chi connectivity index (χ4n) is 3.49. The summed E-state index contributed by atoms with van der Waals surface area (Å²) in [5, 5.41) is 24.6. The number of hydrogen-bond acceptors (Lipinski definition) is 5. The van der Waals surface area contributed by atoms with E-state index >= 15 is 0 Å². The Balaban J connectivity index is 1.96. The summed E-state index contributed by atoms with van der Waals surface area (Å²) in [5.74, 6) is 1.31. The molecule has 34 heavy (non-hydrogen) atoms. The largest absolute Gasteiger partial charge is 0.507 e. The first-order valence-corrected chi connectivity index (χ1v) is 13.7. The van der Waals surface area contributed by atoms with Gasteiger partial charge in [0.1, 0.15) is 5.75 Å². The summed E-state index contributed by atoms with van der Waals surface area (Å²) in [4.78, 5) is 22.9. The van der Waals surface area contributed by atoms with Crippen LogP contribution in [0.2, 0.25) is 0 Å². The molecule has 9 heteroatoms. The number of carbonyl (C=O) groups excluding carboxylic acids is 1. The van der Waals surface area contributed by atoms with Crippen molar-refractivity contribution < 1.29 is 14.8 Å². The van der Waals surface area contributed by atoms with E-state index in [9.17, 15) is 20.0 Å². The van der Waals surface area contributed by atoms with Gasteiger partial charge in [0.15, 0.2) is 0 Å². The molecule has 0 radical (unpaired) electrons. The molecule has 0 saturated carbocycles. The number of nitro benzene ring substituents is 1. The van der Waals surface area contributed by atoms with Gasteiger partial charge in [-0.15, -0.1) is 0 Å². The van der Waals surface area contributed by atoms with Gasteiger partial charge in [-0.05, 0) is 78.0 Å². The fourth-order valence-corrected chi connectivity index (χ4v) is 5.60. The Morgan fingerprint density at radius 2 is 1.53 bits per heavy atom. The SMILES string of the molecule is CC(C)(C)c1cc(CCCSCC(=O)Nc2c(Br)cc([N+](=O)[O-])cc2Br)cc(C(C)(C)C)c1O. The molecule has 0 aliphatic heterocycles. The molecule has 0 heterocycles. The van der Waals surface area contributed by atoms with E-state index in [0.29, 0.717) is 20.4 Å². The third-order valence-electron chi connectivity index (χ3n) is 5.28. The van der Waals surface area contributed by atoms with E-state index < -0.39 is 4.92 Å². The first-order chi connectivity index (χ1) is 15.6. The molecule has 2 aromatic carbocycles. The van der Waals surface area contributed by atoms with E-state index in [4.69, 9.17) is 0 Å². The fraction of sp³-hybridized carbons (Fsp3) is 0.480. The first-order valence-electron chi connectivity index (χ1n) is 11.0. The summed E-state index contributed by atoms with van der Waals surface area (Å²) < 4.78 is 0.895. The van der Waals surface area contributed by atoms with Crippen LogP contribution in [-0.4, -0.2) is 27.4 Å². The predicted octanol–water partition coefficient (Wildman–Crippen LogP) is 7.72. The highest BCUT2D eigenvalue weighted by atomic mass is 79.9. The summed E-state index contributed by atoms with van der Waals surface area (Å²) >= 11 is 8.11. The minimum Gasteiger partial charge on any atom is -0.507 e. The molecule has 0 bridgehead atoms. The van der Waals surface area contributed by atoms with Crippen molar-refractivity contribution in [2.75, 3.05) is 16.8 Å². The highest BCUT2D eigenvalue weighted by Crippen LogP contribution is 2.40. The second-order valence-electron chi connectivity index (χ2n) is 10.3. The van der Waals surface area contributed by atoms with Crippen molar-refractivity contribution in [2.24, 2.45) is 0 Å². The van der Waals surface area contributed by atoms with Crippen LogP contribution in [0, 0.1) is 10.1 Å². The zero-order valence-electron chi connectivity index (χ0n) is 20.4. The maximum atomic E-state index is 12.4. The van der Waals surface area contributed by atoms with Crippen molar-refractivity contribution in [2.45, 2.75) is 65.2 Å². The van der Waals surface area contributed by atoms with E-state index in [0.717, 1.165) is 29.7 Å². The number of amides is 1. The van der Waals surface area contributed by atoms with E-state index in [1.165, 1.54) is 17.7 Å². The van der Waals surface area contributed by atoms with Gasteiger partial charge in [0.2, 0.25) is 5.91 Å². The quantitative estimate of drug-likeness (QED) is 0.180. The molecule has 6 nitrogen and oxygen atoms in total. The number of nitrogens with one attached hydrogen (secondary N) is 1. The maximum absolute atomic E-state index is 12.4. The van der Waals surface area contributed by atoms with Crippen LogP contribution in [-0.2, 0) is 22.0 Å². The van der Waals surface area contributed by atoms with Crippen LogP contribution >= 0.6 is 43.6 Å². The zero-order valence-corrected chi connectivity index (χ0v) is 24.4. The Kier molecular flexibility index (Phi) is 9.64. The number of halogens is 2. The van der Waals surface area contributed by atoms with Gasteiger partial charge >= 0.3 is 0 Å². The number of nitrogens with zero attached hydrogens (tertiary/aromatic N) is 1. The van der Waals surface area contributed by atoms with Gasteiger partial charge < -0.3 is 10.4 Å². The number of aromatic hydroxyl groups is 1. The molecule has 0 aromatic heterocycles. The molecule has 2 rings (SSSR count). The molecule has 1 amide bonds. The lowest BCUT2D eigenvalue weighted by atomic mass is 9.78. The molecule has 0 aliphatic rings. The average molecular weight is 616 g/mol. The monoisotopic (exact) mass is 614 g/mol. The third kappa shape index (κ3) is 7.71. The smallest absolute Gasteiger partial charge is 0.271 e. The van der Waals surface area contributed by atoms with Crippen molar-refractivity contribution in [3.8, 4) is 5.75 Å².